The van der Waals surface area contributed by atoms with Crippen LogP contribution in [0.15, 0.2) is 40.6 Å². The maximum atomic E-state index is 4.26. The molecule has 102 valence electrons. The van der Waals surface area contributed by atoms with E-state index in [-0.39, 0.29) is 0 Å². The van der Waals surface area contributed by atoms with Crippen molar-refractivity contribution in [2.45, 2.75) is 30.4 Å². The Morgan fingerprint density at radius 2 is 2.11 bits per heavy atom. The average Bonchev–Trinajstić information content (AvgIpc) is 2.77. The zero-order valence-electron chi connectivity index (χ0n) is 11.6. The number of aromatic nitrogens is 3. The van der Waals surface area contributed by atoms with Crippen molar-refractivity contribution in [3.8, 4) is 0 Å². The summed E-state index contributed by atoms with van der Waals surface area (Å²) in [7, 11) is 1.91. The van der Waals surface area contributed by atoms with Crippen molar-refractivity contribution in [3.05, 3.63) is 36.2 Å². The summed E-state index contributed by atoms with van der Waals surface area (Å²) in [6.45, 7) is 6.35. The van der Waals surface area contributed by atoms with Crippen molar-refractivity contribution < 1.29 is 0 Å². The lowest BCUT2D eigenvalue weighted by molar-refractivity contribution is 0.550. The molecular formula is C14H20N4S. The van der Waals surface area contributed by atoms with E-state index >= 15 is 0 Å². The molecule has 0 radical (unpaired) electrons. The zero-order chi connectivity index (χ0) is 13.7. The van der Waals surface area contributed by atoms with Gasteiger partial charge in [0, 0.05) is 18.5 Å². The van der Waals surface area contributed by atoms with E-state index in [2.05, 4.69) is 53.5 Å². The summed E-state index contributed by atoms with van der Waals surface area (Å²) in [6.07, 6.45) is 1.59. The smallest absolute Gasteiger partial charge is 0.190 e. The second-order valence-electron chi connectivity index (χ2n) is 4.90. The molecule has 0 saturated carbocycles. The summed E-state index contributed by atoms with van der Waals surface area (Å²) in [6, 6.07) is 8.43. The van der Waals surface area contributed by atoms with Crippen molar-refractivity contribution >= 4 is 11.8 Å². The third-order valence-electron chi connectivity index (χ3n) is 2.71. The van der Waals surface area contributed by atoms with Crippen LogP contribution in [0.25, 0.3) is 0 Å². The van der Waals surface area contributed by atoms with E-state index in [1.807, 2.05) is 7.05 Å². The summed E-state index contributed by atoms with van der Waals surface area (Å²) in [5, 5.41) is 8.49. The van der Waals surface area contributed by atoms with Gasteiger partial charge in [0.15, 0.2) is 5.16 Å². The minimum Gasteiger partial charge on any atom is -0.312 e. The lowest BCUT2D eigenvalue weighted by Crippen LogP contribution is -2.19. The molecule has 0 bridgehead atoms. The largest absolute Gasteiger partial charge is 0.312 e. The molecule has 0 unspecified atom stereocenters. The van der Waals surface area contributed by atoms with Gasteiger partial charge in [-0.3, -0.25) is 0 Å². The van der Waals surface area contributed by atoms with Gasteiger partial charge in [0.1, 0.15) is 6.33 Å². The van der Waals surface area contributed by atoms with E-state index in [1.54, 1.807) is 22.8 Å². The fourth-order valence-corrected chi connectivity index (χ4v) is 2.62. The van der Waals surface area contributed by atoms with Crippen LogP contribution in [0.1, 0.15) is 19.4 Å². The van der Waals surface area contributed by atoms with Crippen LogP contribution in [0.3, 0.4) is 0 Å². The van der Waals surface area contributed by atoms with Gasteiger partial charge in [0.2, 0.25) is 0 Å². The van der Waals surface area contributed by atoms with Crippen LogP contribution in [0.5, 0.6) is 0 Å². The van der Waals surface area contributed by atoms with E-state index < -0.39 is 0 Å². The molecule has 0 aliphatic heterocycles. The van der Waals surface area contributed by atoms with Gasteiger partial charge < -0.3 is 5.32 Å². The molecule has 0 spiro atoms. The number of benzene rings is 1. The number of aryl methyl sites for hydroxylation is 1. The van der Waals surface area contributed by atoms with Crippen LogP contribution in [0, 0.1) is 5.92 Å². The molecule has 1 N–H and O–H groups in total. The van der Waals surface area contributed by atoms with Crippen LogP contribution < -0.4 is 5.32 Å². The molecule has 0 aliphatic rings. The number of nitrogens with zero attached hydrogens (tertiary/aromatic N) is 3. The van der Waals surface area contributed by atoms with Gasteiger partial charge in [-0.1, -0.05) is 32.0 Å². The average molecular weight is 276 g/mol. The molecular weight excluding hydrogens is 256 g/mol. The van der Waals surface area contributed by atoms with Gasteiger partial charge in [-0.2, -0.15) is 5.10 Å². The number of hydrogen-bond donors (Lipinski definition) is 1. The molecule has 2 rings (SSSR count). The molecule has 0 aliphatic carbocycles. The molecule has 0 atom stereocenters. The highest BCUT2D eigenvalue weighted by Gasteiger charge is 2.07. The first-order chi connectivity index (χ1) is 9.16. The molecule has 1 aromatic heterocycles. The fourth-order valence-electron chi connectivity index (χ4n) is 1.72. The lowest BCUT2D eigenvalue weighted by Gasteiger charge is -2.11. The Hall–Kier alpha value is -1.33. The summed E-state index contributed by atoms with van der Waals surface area (Å²) < 4.78 is 1.79. The number of nitrogens with one attached hydrogen (secondary N) is 1. The van der Waals surface area contributed by atoms with Crippen molar-refractivity contribution in [1.82, 2.24) is 20.1 Å². The highest BCUT2D eigenvalue weighted by atomic mass is 32.2. The van der Waals surface area contributed by atoms with Crippen molar-refractivity contribution in [2.24, 2.45) is 13.0 Å². The summed E-state index contributed by atoms with van der Waals surface area (Å²) in [5.41, 5.74) is 1.30. The third kappa shape index (κ3) is 4.08. The first-order valence-corrected chi connectivity index (χ1v) is 7.29. The van der Waals surface area contributed by atoms with Gasteiger partial charge in [-0.25, -0.2) is 9.67 Å². The molecule has 19 heavy (non-hydrogen) atoms. The van der Waals surface area contributed by atoms with Gasteiger partial charge in [0.05, 0.1) is 0 Å². The Morgan fingerprint density at radius 1 is 1.32 bits per heavy atom. The van der Waals surface area contributed by atoms with E-state index in [0.717, 1.165) is 18.2 Å². The zero-order valence-corrected chi connectivity index (χ0v) is 12.4. The van der Waals surface area contributed by atoms with Gasteiger partial charge >= 0.3 is 0 Å². The number of hydrogen-bond acceptors (Lipinski definition) is 4. The molecule has 5 heteroatoms. The summed E-state index contributed by atoms with van der Waals surface area (Å²) >= 11 is 1.66. The topological polar surface area (TPSA) is 42.7 Å². The quantitative estimate of drug-likeness (QED) is 0.881. The van der Waals surface area contributed by atoms with Crippen LogP contribution in [0.4, 0.5) is 0 Å². The first-order valence-electron chi connectivity index (χ1n) is 6.47. The first kappa shape index (κ1) is 14.1. The molecule has 0 saturated heterocycles. The van der Waals surface area contributed by atoms with Crippen molar-refractivity contribution in [3.63, 3.8) is 0 Å². The molecule has 2 aromatic rings. The fraction of sp³-hybridized carbons (Fsp3) is 0.429. The van der Waals surface area contributed by atoms with E-state index in [9.17, 15) is 0 Å². The van der Waals surface area contributed by atoms with Crippen LogP contribution in [0.2, 0.25) is 0 Å². The lowest BCUT2D eigenvalue weighted by atomic mass is 10.2. The Kier molecular flexibility index (Phi) is 4.99. The minimum absolute atomic E-state index is 0.665. The van der Waals surface area contributed by atoms with Crippen LogP contribution in [-0.2, 0) is 13.6 Å². The van der Waals surface area contributed by atoms with Gasteiger partial charge in [-0.15, -0.1) is 0 Å². The maximum Gasteiger partial charge on any atom is 0.190 e. The molecule has 1 heterocycles. The van der Waals surface area contributed by atoms with Crippen molar-refractivity contribution in [1.29, 1.82) is 0 Å². The predicted molar refractivity (Wildman–Crippen MR) is 78.1 cm³/mol. The minimum atomic E-state index is 0.665. The SMILES string of the molecule is CC(C)CNCc1ccccc1Sc1ncnn1C. The number of rotatable bonds is 6. The Morgan fingerprint density at radius 3 is 2.79 bits per heavy atom. The Labute approximate surface area is 118 Å². The maximum absolute atomic E-state index is 4.26. The Balaban J connectivity index is 2.06. The van der Waals surface area contributed by atoms with Crippen LogP contribution in [-0.4, -0.2) is 21.3 Å². The molecule has 0 amide bonds. The second kappa shape index (κ2) is 6.73. The predicted octanol–water partition coefficient (Wildman–Crippen LogP) is 2.71. The Bertz CT molecular complexity index is 522. The molecule has 0 fully saturated rings. The second-order valence-corrected chi connectivity index (χ2v) is 5.91. The molecule has 4 nitrogen and oxygen atoms in total. The monoisotopic (exact) mass is 276 g/mol. The third-order valence-corrected chi connectivity index (χ3v) is 3.88. The van der Waals surface area contributed by atoms with Gasteiger partial charge in [-0.05, 0) is 35.9 Å². The van der Waals surface area contributed by atoms with E-state index in [1.165, 1.54) is 10.5 Å². The van der Waals surface area contributed by atoms with Gasteiger partial charge in [0.25, 0.3) is 0 Å². The van der Waals surface area contributed by atoms with Crippen molar-refractivity contribution in [2.75, 3.05) is 6.54 Å². The molecule has 1 aromatic carbocycles. The normalized spacial score (nSPS) is 11.2. The standard InChI is InChI=1S/C14H20N4S/c1-11(2)8-15-9-12-6-4-5-7-13(12)19-14-16-10-17-18(14)3/h4-7,10-11,15H,8-9H2,1-3H3. The highest BCUT2D eigenvalue weighted by Crippen LogP contribution is 2.28. The summed E-state index contributed by atoms with van der Waals surface area (Å²) in [5.74, 6) is 0.665. The summed E-state index contributed by atoms with van der Waals surface area (Å²) in [4.78, 5) is 5.49. The van der Waals surface area contributed by atoms with Crippen LogP contribution >= 0.6 is 11.8 Å². The van der Waals surface area contributed by atoms with E-state index in [4.69, 9.17) is 0 Å². The highest BCUT2D eigenvalue weighted by molar-refractivity contribution is 7.99. The van der Waals surface area contributed by atoms with E-state index in [0.29, 0.717) is 5.92 Å².